The molecule has 2 aromatic carbocycles. The van der Waals surface area contributed by atoms with Gasteiger partial charge in [-0.25, -0.2) is 4.98 Å². The minimum Gasteiger partial charge on any atom is -0.368 e. The normalized spacial score (nSPS) is 17.5. The van der Waals surface area contributed by atoms with E-state index < -0.39 is 0 Å². The Morgan fingerprint density at radius 2 is 1.71 bits per heavy atom. The van der Waals surface area contributed by atoms with E-state index in [0.717, 1.165) is 46.9 Å². The Labute approximate surface area is 214 Å². The van der Waals surface area contributed by atoms with Gasteiger partial charge in [-0.15, -0.1) is 11.8 Å². The largest absolute Gasteiger partial charge is 0.368 e. The number of carbonyl (C=O) groups excluding carboxylic acids is 1. The summed E-state index contributed by atoms with van der Waals surface area (Å²) in [5.41, 5.74) is 5.03. The molecule has 8 heteroatoms. The third-order valence-corrected chi connectivity index (χ3v) is 8.56. The van der Waals surface area contributed by atoms with E-state index in [9.17, 15) is 9.59 Å². The van der Waals surface area contributed by atoms with Gasteiger partial charge in [0.1, 0.15) is 0 Å². The molecule has 1 amide bonds. The second-order valence-electron chi connectivity index (χ2n) is 9.28. The number of para-hydroxylation sites is 1. The van der Waals surface area contributed by atoms with Crippen LogP contribution in [0.25, 0.3) is 5.69 Å². The van der Waals surface area contributed by atoms with Crippen molar-refractivity contribution in [1.29, 1.82) is 0 Å². The van der Waals surface area contributed by atoms with Crippen LogP contribution in [0, 0.1) is 13.8 Å². The predicted octanol–water partition coefficient (Wildman–Crippen LogP) is 4.33. The van der Waals surface area contributed by atoms with Crippen molar-refractivity contribution in [3.8, 4) is 5.69 Å². The summed E-state index contributed by atoms with van der Waals surface area (Å²) in [5.74, 6) is 0.358. The number of fused-ring (bicyclic) bond motifs is 1. The van der Waals surface area contributed by atoms with E-state index in [4.69, 9.17) is 4.98 Å². The van der Waals surface area contributed by atoms with Crippen LogP contribution < -0.4 is 10.5 Å². The van der Waals surface area contributed by atoms with Crippen molar-refractivity contribution in [1.82, 2.24) is 14.5 Å². The minimum atomic E-state index is -0.0271. The lowest BCUT2D eigenvalue weighted by molar-refractivity contribution is -0.128. The number of anilines is 1. The van der Waals surface area contributed by atoms with Crippen molar-refractivity contribution >= 4 is 35.1 Å². The molecule has 182 valence electrons. The van der Waals surface area contributed by atoms with Gasteiger partial charge in [-0.05, 0) is 49.2 Å². The van der Waals surface area contributed by atoms with E-state index in [-0.39, 0.29) is 17.2 Å². The monoisotopic (exact) mass is 506 g/mol. The summed E-state index contributed by atoms with van der Waals surface area (Å²) < 4.78 is 1.70. The molecule has 0 N–H and O–H groups in total. The number of nitrogens with zero attached hydrogens (tertiary/aromatic N) is 4. The smallest absolute Gasteiger partial charge is 0.272 e. The summed E-state index contributed by atoms with van der Waals surface area (Å²) in [7, 11) is 0. The standard InChI is InChI=1S/C27H30N4O2S2/c1-18-13-19(2)15-22(14-18)31-26(33)25-23(16-20(3)35-25)28-27(31)34-17-24(32)30-11-9-29(10-12-30)21-7-5-4-6-8-21/h4-8,13-15,20H,9-12,16-17H2,1-3H3/t20-/m1/s1. The minimum absolute atomic E-state index is 0.0271. The van der Waals surface area contributed by atoms with E-state index in [1.807, 2.05) is 49.1 Å². The average molecular weight is 507 g/mol. The fraction of sp³-hybridized carbons (Fsp3) is 0.370. The molecule has 6 nitrogen and oxygen atoms in total. The maximum Gasteiger partial charge on any atom is 0.272 e. The zero-order valence-electron chi connectivity index (χ0n) is 20.4. The van der Waals surface area contributed by atoms with Crippen LogP contribution in [-0.2, 0) is 11.2 Å². The van der Waals surface area contributed by atoms with Crippen molar-refractivity contribution in [2.24, 2.45) is 0 Å². The lowest BCUT2D eigenvalue weighted by atomic mass is 10.1. The van der Waals surface area contributed by atoms with Gasteiger partial charge < -0.3 is 9.80 Å². The van der Waals surface area contributed by atoms with Crippen molar-refractivity contribution in [2.45, 2.75) is 42.5 Å². The third-order valence-electron chi connectivity index (χ3n) is 6.42. The highest BCUT2D eigenvalue weighted by molar-refractivity contribution is 8.00. The van der Waals surface area contributed by atoms with E-state index >= 15 is 0 Å². The summed E-state index contributed by atoms with van der Waals surface area (Å²) >= 11 is 2.98. The van der Waals surface area contributed by atoms with Crippen LogP contribution in [0.2, 0.25) is 0 Å². The molecule has 2 aliphatic rings. The Hall–Kier alpha value is -2.71. The first-order valence-electron chi connectivity index (χ1n) is 12.0. The number of aryl methyl sites for hydroxylation is 2. The molecule has 0 unspecified atom stereocenters. The molecule has 1 atom stereocenters. The van der Waals surface area contributed by atoms with Gasteiger partial charge in [0.05, 0.1) is 22.0 Å². The van der Waals surface area contributed by atoms with Gasteiger partial charge in [0.25, 0.3) is 5.56 Å². The third kappa shape index (κ3) is 5.14. The molecule has 0 saturated carbocycles. The first kappa shape index (κ1) is 24.0. The van der Waals surface area contributed by atoms with Gasteiger partial charge in [0.2, 0.25) is 5.91 Å². The Morgan fingerprint density at radius 3 is 2.40 bits per heavy atom. The number of carbonyl (C=O) groups is 1. The molecule has 0 aliphatic carbocycles. The zero-order valence-corrected chi connectivity index (χ0v) is 22.0. The molecule has 3 aromatic rings. The fourth-order valence-corrected chi connectivity index (χ4v) is 6.80. The van der Waals surface area contributed by atoms with Crippen LogP contribution in [0.1, 0.15) is 23.7 Å². The van der Waals surface area contributed by atoms with Crippen molar-refractivity contribution < 1.29 is 4.79 Å². The fourth-order valence-electron chi connectivity index (χ4n) is 4.77. The van der Waals surface area contributed by atoms with E-state index in [1.54, 1.807) is 16.3 Å². The second kappa shape index (κ2) is 10.1. The molecule has 1 aromatic heterocycles. The van der Waals surface area contributed by atoms with Crippen molar-refractivity contribution in [3.05, 3.63) is 75.7 Å². The van der Waals surface area contributed by atoms with Crippen LogP contribution in [-0.4, -0.2) is 57.5 Å². The van der Waals surface area contributed by atoms with Gasteiger partial charge in [-0.1, -0.05) is 43.0 Å². The first-order chi connectivity index (χ1) is 16.9. The predicted molar refractivity (Wildman–Crippen MR) is 144 cm³/mol. The SMILES string of the molecule is Cc1cc(C)cc(-n2c(SCC(=O)N3CCN(c4ccccc4)CC3)nc3c(c2=O)S[C@H](C)C3)c1. The lowest BCUT2D eigenvalue weighted by Crippen LogP contribution is -2.49. The van der Waals surface area contributed by atoms with Gasteiger partial charge in [0.15, 0.2) is 5.16 Å². The second-order valence-corrected chi connectivity index (χ2v) is 11.7. The molecule has 1 fully saturated rings. The van der Waals surface area contributed by atoms with Gasteiger partial charge in [-0.2, -0.15) is 0 Å². The quantitative estimate of drug-likeness (QED) is 0.379. The molecule has 2 aliphatic heterocycles. The molecular weight excluding hydrogens is 476 g/mol. The van der Waals surface area contributed by atoms with Gasteiger partial charge in [0, 0.05) is 43.5 Å². The zero-order chi connectivity index (χ0) is 24.5. The molecule has 35 heavy (non-hydrogen) atoms. The number of benzene rings is 2. The van der Waals surface area contributed by atoms with E-state index in [0.29, 0.717) is 23.5 Å². The average Bonchev–Trinajstić information content (AvgIpc) is 3.23. The number of hydrogen-bond acceptors (Lipinski definition) is 6. The van der Waals surface area contributed by atoms with Crippen LogP contribution in [0.3, 0.4) is 0 Å². The van der Waals surface area contributed by atoms with Crippen molar-refractivity contribution in [3.63, 3.8) is 0 Å². The van der Waals surface area contributed by atoms with Crippen molar-refractivity contribution in [2.75, 3.05) is 36.8 Å². The molecule has 0 radical (unpaired) electrons. The summed E-state index contributed by atoms with van der Waals surface area (Å²) in [6.45, 7) is 9.22. The molecule has 0 bridgehead atoms. The number of thioether (sulfide) groups is 2. The Balaban J connectivity index is 1.35. The highest BCUT2D eigenvalue weighted by Crippen LogP contribution is 2.35. The molecule has 1 saturated heterocycles. The molecular formula is C27H30N4O2S2. The number of aromatic nitrogens is 2. The number of hydrogen-bond donors (Lipinski definition) is 0. The summed E-state index contributed by atoms with van der Waals surface area (Å²) in [5, 5.41) is 0.936. The molecule has 5 rings (SSSR count). The molecule has 3 heterocycles. The molecule has 0 spiro atoms. The Morgan fingerprint density at radius 1 is 1.03 bits per heavy atom. The summed E-state index contributed by atoms with van der Waals surface area (Å²) in [4.78, 5) is 36.5. The number of rotatable bonds is 5. The first-order valence-corrected chi connectivity index (χ1v) is 13.9. The van der Waals surface area contributed by atoms with Gasteiger partial charge in [-0.3, -0.25) is 14.2 Å². The van der Waals surface area contributed by atoms with Crippen LogP contribution in [0.15, 0.2) is 63.4 Å². The highest BCUT2D eigenvalue weighted by atomic mass is 32.2. The summed E-state index contributed by atoms with van der Waals surface area (Å²) in [6.07, 6.45) is 0.784. The van der Waals surface area contributed by atoms with Gasteiger partial charge >= 0.3 is 0 Å². The lowest BCUT2D eigenvalue weighted by Gasteiger charge is -2.36. The van der Waals surface area contributed by atoms with E-state index in [1.165, 1.54) is 17.4 Å². The van der Waals surface area contributed by atoms with Crippen LogP contribution in [0.5, 0.6) is 0 Å². The van der Waals surface area contributed by atoms with Crippen LogP contribution >= 0.6 is 23.5 Å². The van der Waals surface area contributed by atoms with Crippen LogP contribution in [0.4, 0.5) is 5.69 Å². The van der Waals surface area contributed by atoms with E-state index in [2.05, 4.69) is 30.0 Å². The Kier molecular flexibility index (Phi) is 6.93. The maximum atomic E-state index is 13.6. The number of amides is 1. The Bertz CT molecular complexity index is 1280. The summed E-state index contributed by atoms with van der Waals surface area (Å²) in [6, 6.07) is 16.4. The maximum absolute atomic E-state index is 13.6. The topological polar surface area (TPSA) is 58.4 Å². The highest BCUT2D eigenvalue weighted by Gasteiger charge is 2.28. The number of piperazine rings is 1.